The van der Waals surface area contributed by atoms with Crippen LogP contribution in [0.1, 0.15) is 39.2 Å². The molecule has 0 fully saturated rings. The first-order valence-electron chi connectivity index (χ1n) is 11.1. The van der Waals surface area contributed by atoms with Gasteiger partial charge in [0.1, 0.15) is 6.04 Å². The van der Waals surface area contributed by atoms with Gasteiger partial charge in [-0.15, -0.1) is 0 Å². The highest BCUT2D eigenvalue weighted by molar-refractivity contribution is 7.92. The van der Waals surface area contributed by atoms with E-state index in [0.717, 1.165) is 10.6 Å². The number of anilines is 1. The van der Waals surface area contributed by atoms with Gasteiger partial charge in [-0.25, -0.2) is 8.42 Å². The Labute approximate surface area is 222 Å². The summed E-state index contributed by atoms with van der Waals surface area (Å²) >= 11 is 18.6. The maximum atomic E-state index is 13.3. The van der Waals surface area contributed by atoms with E-state index >= 15 is 0 Å². The molecule has 11 heteroatoms. The third-order valence-corrected chi connectivity index (χ3v) is 7.33. The summed E-state index contributed by atoms with van der Waals surface area (Å²) in [6.45, 7) is 5.48. The van der Waals surface area contributed by atoms with Crippen molar-refractivity contribution in [2.75, 3.05) is 17.1 Å². The summed E-state index contributed by atoms with van der Waals surface area (Å²) < 4.78 is 26.0. The average molecular weight is 563 g/mol. The van der Waals surface area contributed by atoms with Crippen LogP contribution in [0.25, 0.3) is 0 Å². The minimum Gasteiger partial charge on any atom is -0.352 e. The van der Waals surface area contributed by atoms with Crippen molar-refractivity contribution in [2.45, 2.75) is 52.2 Å². The molecule has 0 heterocycles. The molecule has 0 aromatic heterocycles. The molecule has 1 N–H and O–H groups in total. The molecule has 192 valence electrons. The number of nitrogens with zero attached hydrogens (tertiary/aromatic N) is 2. The summed E-state index contributed by atoms with van der Waals surface area (Å²) in [7, 11) is -3.69. The largest absolute Gasteiger partial charge is 0.352 e. The van der Waals surface area contributed by atoms with E-state index in [-0.39, 0.29) is 54.5 Å². The van der Waals surface area contributed by atoms with Crippen molar-refractivity contribution in [1.29, 1.82) is 0 Å². The fraction of sp³-hybridized carbons (Fsp3) is 0.417. The van der Waals surface area contributed by atoms with Crippen molar-refractivity contribution in [3.63, 3.8) is 0 Å². The number of halogens is 3. The van der Waals surface area contributed by atoms with Crippen molar-refractivity contribution in [2.24, 2.45) is 0 Å². The Hall–Kier alpha value is -2.00. The molecule has 2 rings (SSSR count). The standard InChI is InChI=1S/C24H30Cl3N3O4S/c1-16(2)28-24(32)17(3)29(15-18-8-5-6-9-20(18)26)23(31)10-7-13-30(35(4,33)34)22-14-19(25)11-12-21(22)27/h5-6,8-9,11-12,14,16-17H,7,10,13,15H2,1-4H3,(H,28,32)/t17-/m0/s1. The molecule has 0 bridgehead atoms. The van der Waals surface area contributed by atoms with Crippen molar-refractivity contribution < 1.29 is 18.0 Å². The molecule has 2 aromatic rings. The quantitative estimate of drug-likeness (QED) is 0.411. The Balaban J connectivity index is 2.22. The molecule has 35 heavy (non-hydrogen) atoms. The lowest BCUT2D eigenvalue weighted by atomic mass is 10.1. The maximum absolute atomic E-state index is 13.3. The molecule has 0 aliphatic heterocycles. The molecule has 1 atom stereocenters. The van der Waals surface area contributed by atoms with Gasteiger partial charge in [-0.05, 0) is 57.0 Å². The smallest absolute Gasteiger partial charge is 0.242 e. The third-order valence-electron chi connectivity index (χ3n) is 5.23. The second-order valence-electron chi connectivity index (χ2n) is 8.49. The topological polar surface area (TPSA) is 86.8 Å². The molecule has 0 aliphatic rings. The molecule has 0 aliphatic carbocycles. The van der Waals surface area contributed by atoms with E-state index in [9.17, 15) is 18.0 Å². The number of rotatable bonds is 11. The number of benzene rings is 2. The van der Waals surface area contributed by atoms with Crippen molar-refractivity contribution >= 4 is 62.3 Å². The maximum Gasteiger partial charge on any atom is 0.242 e. The zero-order valence-electron chi connectivity index (χ0n) is 20.1. The van der Waals surface area contributed by atoms with Gasteiger partial charge in [0.15, 0.2) is 0 Å². The van der Waals surface area contributed by atoms with E-state index in [4.69, 9.17) is 34.8 Å². The lowest BCUT2D eigenvalue weighted by Crippen LogP contribution is -2.49. The van der Waals surface area contributed by atoms with Gasteiger partial charge in [0.05, 0.1) is 17.0 Å². The molecule has 0 spiro atoms. The lowest BCUT2D eigenvalue weighted by Gasteiger charge is -2.30. The highest BCUT2D eigenvalue weighted by Gasteiger charge is 2.27. The Kier molecular flexibility index (Phi) is 10.7. The molecule has 0 saturated carbocycles. The first-order valence-corrected chi connectivity index (χ1v) is 14.1. The van der Waals surface area contributed by atoms with Gasteiger partial charge < -0.3 is 10.2 Å². The van der Waals surface area contributed by atoms with Crippen LogP contribution in [0.2, 0.25) is 15.1 Å². The van der Waals surface area contributed by atoms with Crippen LogP contribution in [0, 0.1) is 0 Å². The number of nitrogens with one attached hydrogen (secondary N) is 1. The normalized spacial score (nSPS) is 12.3. The first-order chi connectivity index (χ1) is 16.3. The lowest BCUT2D eigenvalue weighted by molar-refractivity contribution is -0.140. The number of hydrogen-bond acceptors (Lipinski definition) is 4. The highest BCUT2D eigenvalue weighted by atomic mass is 35.5. The van der Waals surface area contributed by atoms with E-state index < -0.39 is 16.1 Å². The zero-order chi connectivity index (χ0) is 26.3. The Bertz CT molecular complexity index is 1160. The molecule has 0 radical (unpaired) electrons. The summed E-state index contributed by atoms with van der Waals surface area (Å²) in [5, 5.41) is 3.88. The SMILES string of the molecule is CC(C)NC(=O)[C@H](C)N(Cc1ccccc1Cl)C(=O)CCCN(c1cc(Cl)ccc1Cl)S(C)(=O)=O. The molecule has 7 nitrogen and oxygen atoms in total. The monoisotopic (exact) mass is 561 g/mol. The van der Waals surface area contributed by atoms with Crippen molar-refractivity contribution in [1.82, 2.24) is 10.2 Å². The van der Waals surface area contributed by atoms with Crippen LogP contribution in [0.3, 0.4) is 0 Å². The van der Waals surface area contributed by atoms with Gasteiger partial charge in [0, 0.05) is 35.6 Å². The van der Waals surface area contributed by atoms with Crippen LogP contribution in [-0.2, 0) is 26.2 Å². The van der Waals surface area contributed by atoms with Gasteiger partial charge in [-0.1, -0.05) is 53.0 Å². The minimum absolute atomic E-state index is 0.00789. The Morgan fingerprint density at radius 3 is 2.26 bits per heavy atom. The van der Waals surface area contributed by atoms with Crippen molar-refractivity contribution in [3.05, 3.63) is 63.1 Å². The number of hydrogen-bond donors (Lipinski definition) is 1. The zero-order valence-corrected chi connectivity index (χ0v) is 23.2. The predicted octanol–water partition coefficient (Wildman–Crippen LogP) is 5.13. The summed E-state index contributed by atoms with van der Waals surface area (Å²) in [6.07, 6.45) is 1.27. The van der Waals surface area contributed by atoms with Crippen LogP contribution in [-0.4, -0.2) is 50.0 Å². The van der Waals surface area contributed by atoms with Gasteiger partial charge in [-0.2, -0.15) is 0 Å². The Morgan fingerprint density at radius 1 is 1.00 bits per heavy atom. The van der Waals surface area contributed by atoms with E-state index in [1.54, 1.807) is 37.3 Å². The Morgan fingerprint density at radius 2 is 1.66 bits per heavy atom. The summed E-state index contributed by atoms with van der Waals surface area (Å²) in [5.74, 6) is -0.592. The van der Waals surface area contributed by atoms with Crippen LogP contribution in [0.5, 0.6) is 0 Å². The predicted molar refractivity (Wildman–Crippen MR) is 143 cm³/mol. The molecule has 2 aromatic carbocycles. The highest BCUT2D eigenvalue weighted by Crippen LogP contribution is 2.31. The fourth-order valence-corrected chi connectivity index (χ4v) is 5.06. The molecule has 0 saturated heterocycles. The second-order valence-corrected chi connectivity index (χ2v) is 11.6. The van der Waals surface area contributed by atoms with Gasteiger partial charge in [0.25, 0.3) is 0 Å². The van der Waals surface area contributed by atoms with Gasteiger partial charge in [-0.3, -0.25) is 13.9 Å². The third kappa shape index (κ3) is 8.56. The van der Waals surface area contributed by atoms with Crippen molar-refractivity contribution in [3.8, 4) is 0 Å². The number of sulfonamides is 1. The van der Waals surface area contributed by atoms with Gasteiger partial charge in [0.2, 0.25) is 21.8 Å². The van der Waals surface area contributed by atoms with Crippen LogP contribution >= 0.6 is 34.8 Å². The molecule has 2 amide bonds. The van der Waals surface area contributed by atoms with E-state index in [2.05, 4.69) is 5.32 Å². The number of carbonyl (C=O) groups is 2. The summed E-state index contributed by atoms with van der Waals surface area (Å²) in [5.41, 5.74) is 0.946. The molecular formula is C24H30Cl3N3O4S. The van der Waals surface area contributed by atoms with E-state index in [1.165, 1.54) is 17.0 Å². The summed E-state index contributed by atoms with van der Waals surface area (Å²) in [6, 6.07) is 10.8. The number of amides is 2. The molecule has 0 unspecified atom stereocenters. The van der Waals surface area contributed by atoms with Crippen LogP contribution < -0.4 is 9.62 Å². The van der Waals surface area contributed by atoms with Crippen LogP contribution in [0.15, 0.2) is 42.5 Å². The fourth-order valence-electron chi connectivity index (χ4n) is 3.46. The minimum atomic E-state index is -3.69. The van der Waals surface area contributed by atoms with E-state index in [1.807, 2.05) is 13.8 Å². The van der Waals surface area contributed by atoms with E-state index in [0.29, 0.717) is 15.6 Å². The first kappa shape index (κ1) is 29.2. The summed E-state index contributed by atoms with van der Waals surface area (Å²) in [4.78, 5) is 27.4. The van der Waals surface area contributed by atoms with Gasteiger partial charge >= 0.3 is 0 Å². The number of carbonyl (C=O) groups excluding carboxylic acids is 2. The van der Waals surface area contributed by atoms with Crippen LogP contribution in [0.4, 0.5) is 5.69 Å². The average Bonchev–Trinajstić information content (AvgIpc) is 2.76. The molecular weight excluding hydrogens is 533 g/mol. The second kappa shape index (κ2) is 12.8.